The average Bonchev–Trinajstić information content (AvgIpc) is 2.45. The summed E-state index contributed by atoms with van der Waals surface area (Å²) < 4.78 is 5.42. The number of amides is 1. The quantitative estimate of drug-likeness (QED) is 0.875. The second kappa shape index (κ2) is 4.89. The Hall–Kier alpha value is -1.49. The van der Waals surface area contributed by atoms with Gasteiger partial charge >= 0.3 is 0 Å². The summed E-state index contributed by atoms with van der Waals surface area (Å²) in [4.78, 5) is 20.4. The first-order valence-electron chi connectivity index (χ1n) is 6.87. The lowest BCUT2D eigenvalue weighted by Gasteiger charge is -2.52. The van der Waals surface area contributed by atoms with Crippen molar-refractivity contribution in [3.8, 4) is 0 Å². The fourth-order valence-electron chi connectivity index (χ4n) is 3.04. The van der Waals surface area contributed by atoms with Crippen molar-refractivity contribution < 1.29 is 9.53 Å². The van der Waals surface area contributed by atoms with E-state index < -0.39 is 0 Å². The van der Waals surface area contributed by atoms with Gasteiger partial charge in [0, 0.05) is 25.5 Å². The molecule has 2 heterocycles. The summed E-state index contributed by atoms with van der Waals surface area (Å²) in [6.45, 7) is 3.49. The van der Waals surface area contributed by atoms with Crippen molar-refractivity contribution >= 4 is 5.91 Å². The third kappa shape index (κ3) is 2.34. The summed E-state index contributed by atoms with van der Waals surface area (Å²) in [5, 5.41) is 3.12. The van der Waals surface area contributed by atoms with Gasteiger partial charge in [-0.25, -0.2) is 4.98 Å². The van der Waals surface area contributed by atoms with Crippen LogP contribution in [-0.4, -0.2) is 35.1 Å². The molecule has 0 bridgehead atoms. The Morgan fingerprint density at radius 2 is 2.11 bits per heavy atom. The number of nitrogens with one attached hydrogen (secondary N) is 1. The van der Waals surface area contributed by atoms with Crippen LogP contribution in [0.4, 0.5) is 0 Å². The molecular weight excluding hydrogens is 242 g/mol. The number of aryl methyl sites for hydroxylation is 1. The molecule has 0 aromatic carbocycles. The second-order valence-electron chi connectivity index (χ2n) is 5.58. The van der Waals surface area contributed by atoms with Crippen LogP contribution >= 0.6 is 0 Å². The van der Waals surface area contributed by atoms with E-state index in [2.05, 4.69) is 15.3 Å². The highest BCUT2D eigenvalue weighted by molar-refractivity contribution is 5.92. The highest BCUT2D eigenvalue weighted by Gasteiger charge is 2.48. The largest absolute Gasteiger partial charge is 0.381 e. The predicted molar refractivity (Wildman–Crippen MR) is 69.7 cm³/mol. The Labute approximate surface area is 112 Å². The number of hydrogen-bond acceptors (Lipinski definition) is 4. The normalized spacial score (nSPS) is 24.8. The summed E-state index contributed by atoms with van der Waals surface area (Å²) in [6.07, 6.45) is 7.53. The highest BCUT2D eigenvalue weighted by atomic mass is 16.5. The lowest BCUT2D eigenvalue weighted by molar-refractivity contribution is -0.0523. The predicted octanol–water partition coefficient (Wildman–Crippen LogP) is 1.47. The van der Waals surface area contributed by atoms with Gasteiger partial charge in [-0.1, -0.05) is 0 Å². The van der Waals surface area contributed by atoms with Gasteiger partial charge in [0.1, 0.15) is 5.69 Å². The summed E-state index contributed by atoms with van der Waals surface area (Å²) in [5.41, 5.74) is 1.49. The molecule has 1 aromatic rings. The molecule has 1 spiro atoms. The highest BCUT2D eigenvalue weighted by Crippen LogP contribution is 2.48. The van der Waals surface area contributed by atoms with Gasteiger partial charge in [0.05, 0.1) is 11.9 Å². The minimum absolute atomic E-state index is 0.108. The van der Waals surface area contributed by atoms with Gasteiger partial charge in [0.15, 0.2) is 0 Å². The monoisotopic (exact) mass is 261 g/mol. The average molecular weight is 261 g/mol. The number of nitrogens with zero attached hydrogens (tertiary/aromatic N) is 2. The number of hydrogen-bond donors (Lipinski definition) is 1. The standard InChI is InChI=1S/C14H19N3O2/c1-10-8-16-11(9-15-10)13(18)17-12-2-3-14(12)4-6-19-7-5-14/h8-9,12H,2-7H2,1H3,(H,17,18)/t12-/m0/s1. The smallest absolute Gasteiger partial charge is 0.271 e. The Bertz CT molecular complexity index is 466. The van der Waals surface area contributed by atoms with Gasteiger partial charge < -0.3 is 10.1 Å². The molecule has 1 aliphatic heterocycles. The van der Waals surface area contributed by atoms with Gasteiger partial charge in [-0.2, -0.15) is 0 Å². The van der Waals surface area contributed by atoms with E-state index in [9.17, 15) is 4.79 Å². The van der Waals surface area contributed by atoms with Crippen LogP contribution in [0.5, 0.6) is 0 Å². The van der Waals surface area contributed by atoms with E-state index in [-0.39, 0.29) is 17.4 Å². The Morgan fingerprint density at radius 3 is 2.68 bits per heavy atom. The molecule has 1 amide bonds. The lowest BCUT2D eigenvalue weighted by atomic mass is 9.60. The van der Waals surface area contributed by atoms with Crippen molar-refractivity contribution in [3.05, 3.63) is 23.8 Å². The molecule has 0 unspecified atom stereocenters. The first-order chi connectivity index (χ1) is 9.20. The zero-order chi connectivity index (χ0) is 13.3. The van der Waals surface area contributed by atoms with Gasteiger partial charge in [-0.05, 0) is 38.0 Å². The molecule has 5 heteroatoms. The topological polar surface area (TPSA) is 64.1 Å². The fraction of sp³-hybridized carbons (Fsp3) is 0.643. The van der Waals surface area contributed by atoms with Gasteiger partial charge in [-0.3, -0.25) is 9.78 Å². The molecule has 2 aliphatic rings. The molecule has 1 saturated heterocycles. The van der Waals surface area contributed by atoms with Crippen LogP contribution in [0.15, 0.2) is 12.4 Å². The lowest BCUT2D eigenvalue weighted by Crippen LogP contribution is -2.57. The Morgan fingerprint density at radius 1 is 1.32 bits per heavy atom. The van der Waals surface area contributed by atoms with E-state index in [4.69, 9.17) is 4.74 Å². The Balaban J connectivity index is 1.65. The number of carbonyl (C=O) groups is 1. The van der Waals surface area contributed by atoms with Crippen LogP contribution in [0.1, 0.15) is 41.9 Å². The zero-order valence-electron chi connectivity index (χ0n) is 11.2. The third-order valence-electron chi connectivity index (χ3n) is 4.48. The van der Waals surface area contributed by atoms with E-state index in [1.165, 1.54) is 6.42 Å². The van der Waals surface area contributed by atoms with Crippen LogP contribution in [-0.2, 0) is 4.74 Å². The van der Waals surface area contributed by atoms with Crippen molar-refractivity contribution in [2.75, 3.05) is 13.2 Å². The molecule has 0 radical (unpaired) electrons. The third-order valence-corrected chi connectivity index (χ3v) is 4.48. The van der Waals surface area contributed by atoms with Gasteiger partial charge in [-0.15, -0.1) is 0 Å². The molecule has 1 saturated carbocycles. The summed E-state index contributed by atoms with van der Waals surface area (Å²) >= 11 is 0. The number of carbonyl (C=O) groups excluding carboxylic acids is 1. The Kier molecular flexibility index (Phi) is 3.22. The molecule has 1 aromatic heterocycles. The maximum absolute atomic E-state index is 12.1. The summed E-state index contributed by atoms with van der Waals surface area (Å²) in [5.74, 6) is -0.108. The van der Waals surface area contributed by atoms with Crippen LogP contribution in [0.25, 0.3) is 0 Å². The number of rotatable bonds is 2. The molecule has 3 rings (SSSR count). The molecule has 102 valence electrons. The van der Waals surface area contributed by atoms with Crippen molar-refractivity contribution in [1.82, 2.24) is 15.3 Å². The summed E-state index contributed by atoms with van der Waals surface area (Å²) in [7, 11) is 0. The van der Waals surface area contributed by atoms with E-state index in [1.807, 2.05) is 6.92 Å². The SMILES string of the molecule is Cc1cnc(C(=O)N[C@H]2CCC23CCOCC3)cn1. The van der Waals surface area contributed by atoms with E-state index in [0.29, 0.717) is 5.69 Å². The summed E-state index contributed by atoms with van der Waals surface area (Å²) in [6, 6.07) is 0.270. The number of ether oxygens (including phenoxy) is 1. The molecule has 5 nitrogen and oxygen atoms in total. The van der Waals surface area contributed by atoms with Crippen LogP contribution < -0.4 is 5.32 Å². The minimum Gasteiger partial charge on any atom is -0.381 e. The molecule has 2 fully saturated rings. The van der Waals surface area contributed by atoms with Crippen molar-refractivity contribution in [2.24, 2.45) is 5.41 Å². The van der Waals surface area contributed by atoms with Crippen molar-refractivity contribution in [2.45, 2.75) is 38.6 Å². The van der Waals surface area contributed by atoms with E-state index in [1.54, 1.807) is 12.4 Å². The second-order valence-corrected chi connectivity index (χ2v) is 5.58. The molecule has 1 N–H and O–H groups in total. The van der Waals surface area contributed by atoms with Crippen LogP contribution in [0.2, 0.25) is 0 Å². The first-order valence-corrected chi connectivity index (χ1v) is 6.87. The first kappa shape index (κ1) is 12.5. The minimum atomic E-state index is -0.108. The fourth-order valence-corrected chi connectivity index (χ4v) is 3.04. The molecule has 19 heavy (non-hydrogen) atoms. The maximum atomic E-state index is 12.1. The van der Waals surface area contributed by atoms with Crippen LogP contribution in [0, 0.1) is 12.3 Å². The van der Waals surface area contributed by atoms with Crippen molar-refractivity contribution in [1.29, 1.82) is 0 Å². The van der Waals surface area contributed by atoms with E-state index >= 15 is 0 Å². The zero-order valence-corrected chi connectivity index (χ0v) is 11.2. The van der Waals surface area contributed by atoms with Crippen LogP contribution in [0.3, 0.4) is 0 Å². The van der Waals surface area contributed by atoms with Gasteiger partial charge in [0.25, 0.3) is 5.91 Å². The van der Waals surface area contributed by atoms with Gasteiger partial charge in [0.2, 0.25) is 0 Å². The number of aromatic nitrogens is 2. The van der Waals surface area contributed by atoms with Crippen molar-refractivity contribution in [3.63, 3.8) is 0 Å². The molecule has 1 aliphatic carbocycles. The molecular formula is C14H19N3O2. The molecule has 1 atom stereocenters. The maximum Gasteiger partial charge on any atom is 0.271 e. The van der Waals surface area contributed by atoms with E-state index in [0.717, 1.165) is 38.2 Å².